The molecular weight excluding hydrogens is 364 g/mol. The molecule has 2 aromatic rings. The van der Waals surface area contributed by atoms with Crippen LogP contribution in [0.4, 0.5) is 5.69 Å². The van der Waals surface area contributed by atoms with E-state index in [0.717, 1.165) is 55.0 Å². The summed E-state index contributed by atoms with van der Waals surface area (Å²) < 4.78 is 8.69. The SMILES string of the molecule is CCN1CC(Oc2c(-c3cnn(C4CC4)c3)ccc3c2CCC(C)N3C(C)=O)C1. The molecule has 1 aromatic heterocycles. The topological polar surface area (TPSA) is 50.6 Å². The number of nitrogens with zero attached hydrogens (tertiary/aromatic N) is 4. The number of likely N-dealkylation sites (tertiary alicyclic amines) is 1. The third-order valence-electron chi connectivity index (χ3n) is 6.58. The predicted molar refractivity (Wildman–Crippen MR) is 113 cm³/mol. The maximum atomic E-state index is 12.4. The lowest BCUT2D eigenvalue weighted by atomic mass is 9.92. The number of amides is 1. The highest BCUT2D eigenvalue weighted by molar-refractivity contribution is 5.95. The standard InChI is InChI=1S/C23H30N4O2/c1-4-25-13-19(14-25)29-23-20(17-11-24-26(12-17)18-6-7-18)9-10-22-21(23)8-5-15(2)27(22)16(3)28/h9-12,15,18-19H,4-8,13-14H2,1-3H3. The third-order valence-corrected chi connectivity index (χ3v) is 6.58. The van der Waals surface area contributed by atoms with Crippen molar-refractivity contribution in [2.75, 3.05) is 24.5 Å². The minimum absolute atomic E-state index is 0.0968. The van der Waals surface area contributed by atoms with E-state index < -0.39 is 0 Å². The molecule has 154 valence electrons. The van der Waals surface area contributed by atoms with Crippen LogP contribution in [0.25, 0.3) is 11.1 Å². The van der Waals surface area contributed by atoms with Gasteiger partial charge in [0.15, 0.2) is 0 Å². The highest BCUT2D eigenvalue weighted by Gasteiger charge is 2.33. The second kappa shape index (κ2) is 7.17. The summed E-state index contributed by atoms with van der Waals surface area (Å²) in [5.41, 5.74) is 4.39. The zero-order chi connectivity index (χ0) is 20.1. The van der Waals surface area contributed by atoms with E-state index in [-0.39, 0.29) is 18.1 Å². The quantitative estimate of drug-likeness (QED) is 0.777. The molecule has 1 aromatic carbocycles. The van der Waals surface area contributed by atoms with E-state index in [9.17, 15) is 4.79 Å². The molecule has 6 nitrogen and oxygen atoms in total. The molecule has 1 atom stereocenters. The summed E-state index contributed by atoms with van der Waals surface area (Å²) in [4.78, 5) is 16.7. The van der Waals surface area contributed by atoms with Crippen LogP contribution in [0.1, 0.15) is 51.6 Å². The van der Waals surface area contributed by atoms with E-state index in [0.29, 0.717) is 6.04 Å². The van der Waals surface area contributed by atoms with Gasteiger partial charge in [0.1, 0.15) is 11.9 Å². The van der Waals surface area contributed by atoms with Crippen LogP contribution in [0, 0.1) is 0 Å². The normalized spacial score (nSPS) is 22.3. The van der Waals surface area contributed by atoms with E-state index in [2.05, 4.69) is 46.9 Å². The molecule has 0 radical (unpaired) electrons. The molecule has 3 aliphatic rings. The van der Waals surface area contributed by atoms with Crippen LogP contribution < -0.4 is 9.64 Å². The average molecular weight is 395 g/mol. The molecule has 29 heavy (non-hydrogen) atoms. The molecule has 5 rings (SSSR count). The van der Waals surface area contributed by atoms with Gasteiger partial charge in [-0.25, -0.2) is 0 Å². The number of benzene rings is 1. The van der Waals surface area contributed by atoms with Crippen molar-refractivity contribution in [3.63, 3.8) is 0 Å². The summed E-state index contributed by atoms with van der Waals surface area (Å²) in [5, 5.41) is 4.59. The average Bonchev–Trinajstić information content (AvgIpc) is 3.40. The van der Waals surface area contributed by atoms with Gasteiger partial charge in [0.25, 0.3) is 0 Å². The number of fused-ring (bicyclic) bond motifs is 1. The van der Waals surface area contributed by atoms with Gasteiger partial charge in [0.05, 0.1) is 17.9 Å². The summed E-state index contributed by atoms with van der Waals surface area (Å²) in [6, 6.07) is 5.00. The van der Waals surface area contributed by atoms with E-state index in [4.69, 9.17) is 4.74 Å². The van der Waals surface area contributed by atoms with Crippen LogP contribution in [-0.4, -0.2) is 52.4 Å². The highest BCUT2D eigenvalue weighted by Crippen LogP contribution is 2.44. The first-order valence-electron chi connectivity index (χ1n) is 10.9. The van der Waals surface area contributed by atoms with Gasteiger partial charge in [0, 0.05) is 48.9 Å². The number of ether oxygens (including phenoxy) is 1. The smallest absolute Gasteiger partial charge is 0.224 e. The fourth-order valence-corrected chi connectivity index (χ4v) is 4.68. The molecule has 2 fully saturated rings. The van der Waals surface area contributed by atoms with Crippen LogP contribution in [0.15, 0.2) is 24.5 Å². The number of aromatic nitrogens is 2. The Kier molecular flexibility index (Phi) is 4.62. The molecule has 0 bridgehead atoms. The third kappa shape index (κ3) is 3.33. The summed E-state index contributed by atoms with van der Waals surface area (Å²) >= 11 is 0. The summed E-state index contributed by atoms with van der Waals surface area (Å²) in [6.07, 6.45) is 8.65. The Morgan fingerprint density at radius 3 is 2.72 bits per heavy atom. The van der Waals surface area contributed by atoms with Crippen molar-refractivity contribution in [3.05, 3.63) is 30.1 Å². The first kappa shape index (κ1) is 18.7. The molecule has 2 aliphatic heterocycles. The van der Waals surface area contributed by atoms with Gasteiger partial charge < -0.3 is 9.64 Å². The number of hydrogen-bond acceptors (Lipinski definition) is 4. The Balaban J connectivity index is 1.55. The lowest BCUT2D eigenvalue weighted by molar-refractivity contribution is -0.117. The Labute approximate surface area is 172 Å². The largest absolute Gasteiger partial charge is 0.487 e. The van der Waals surface area contributed by atoms with Crippen LogP contribution in [-0.2, 0) is 11.2 Å². The number of hydrogen-bond donors (Lipinski definition) is 0. The number of carbonyl (C=O) groups is 1. The molecule has 1 saturated carbocycles. The minimum atomic E-state index is 0.0968. The van der Waals surface area contributed by atoms with Crippen molar-refractivity contribution in [2.24, 2.45) is 0 Å². The van der Waals surface area contributed by atoms with Gasteiger partial charge in [0.2, 0.25) is 5.91 Å². The fraction of sp³-hybridized carbons (Fsp3) is 0.565. The maximum Gasteiger partial charge on any atom is 0.224 e. The van der Waals surface area contributed by atoms with Crippen molar-refractivity contribution >= 4 is 11.6 Å². The predicted octanol–water partition coefficient (Wildman–Crippen LogP) is 3.66. The Bertz CT molecular complexity index is 927. The second-order valence-corrected chi connectivity index (χ2v) is 8.75. The van der Waals surface area contributed by atoms with Gasteiger partial charge in [-0.3, -0.25) is 14.4 Å². The zero-order valence-corrected chi connectivity index (χ0v) is 17.6. The first-order chi connectivity index (χ1) is 14.0. The van der Waals surface area contributed by atoms with Crippen LogP contribution in [0.2, 0.25) is 0 Å². The Hall–Kier alpha value is -2.34. The number of carbonyl (C=O) groups excluding carboxylic acids is 1. The Morgan fingerprint density at radius 1 is 1.24 bits per heavy atom. The summed E-state index contributed by atoms with van der Waals surface area (Å²) in [5.74, 6) is 1.05. The van der Waals surface area contributed by atoms with E-state index in [1.165, 1.54) is 18.4 Å². The van der Waals surface area contributed by atoms with Crippen molar-refractivity contribution in [1.82, 2.24) is 14.7 Å². The van der Waals surface area contributed by atoms with Gasteiger partial charge in [-0.2, -0.15) is 5.10 Å². The van der Waals surface area contributed by atoms with E-state index >= 15 is 0 Å². The number of anilines is 1. The number of likely N-dealkylation sites (N-methyl/N-ethyl adjacent to an activating group) is 1. The van der Waals surface area contributed by atoms with Crippen LogP contribution in [0.5, 0.6) is 5.75 Å². The van der Waals surface area contributed by atoms with Crippen molar-refractivity contribution in [1.29, 1.82) is 0 Å². The van der Waals surface area contributed by atoms with Gasteiger partial charge in [-0.15, -0.1) is 0 Å². The number of rotatable bonds is 5. The van der Waals surface area contributed by atoms with Gasteiger partial charge in [-0.05, 0) is 51.3 Å². The second-order valence-electron chi connectivity index (χ2n) is 8.75. The van der Waals surface area contributed by atoms with Gasteiger partial charge in [-0.1, -0.05) is 6.92 Å². The molecule has 1 aliphatic carbocycles. The first-order valence-corrected chi connectivity index (χ1v) is 10.9. The lowest BCUT2D eigenvalue weighted by Gasteiger charge is -2.40. The van der Waals surface area contributed by atoms with Crippen LogP contribution >= 0.6 is 0 Å². The summed E-state index contributed by atoms with van der Waals surface area (Å²) in [6.45, 7) is 8.96. The zero-order valence-electron chi connectivity index (χ0n) is 17.6. The molecular formula is C23H30N4O2. The maximum absolute atomic E-state index is 12.4. The van der Waals surface area contributed by atoms with Crippen molar-refractivity contribution in [2.45, 2.75) is 64.6 Å². The molecule has 0 spiro atoms. The molecule has 1 amide bonds. The monoisotopic (exact) mass is 394 g/mol. The molecule has 0 N–H and O–H groups in total. The lowest BCUT2D eigenvalue weighted by Crippen LogP contribution is -2.53. The molecule has 1 saturated heterocycles. The minimum Gasteiger partial charge on any atom is -0.487 e. The fourth-order valence-electron chi connectivity index (χ4n) is 4.68. The van der Waals surface area contributed by atoms with E-state index in [1.807, 2.05) is 11.1 Å². The Morgan fingerprint density at radius 2 is 2.03 bits per heavy atom. The van der Waals surface area contributed by atoms with Crippen molar-refractivity contribution < 1.29 is 9.53 Å². The van der Waals surface area contributed by atoms with Crippen molar-refractivity contribution in [3.8, 4) is 16.9 Å². The summed E-state index contributed by atoms with van der Waals surface area (Å²) in [7, 11) is 0. The molecule has 6 heteroatoms. The highest BCUT2D eigenvalue weighted by atomic mass is 16.5. The van der Waals surface area contributed by atoms with Gasteiger partial charge >= 0.3 is 0 Å². The molecule has 3 heterocycles. The van der Waals surface area contributed by atoms with Crippen LogP contribution in [0.3, 0.4) is 0 Å². The van der Waals surface area contributed by atoms with E-state index in [1.54, 1.807) is 6.92 Å². The molecule has 1 unspecified atom stereocenters.